The van der Waals surface area contributed by atoms with Crippen molar-refractivity contribution in [3.05, 3.63) is 59.7 Å². The molecule has 156 valence electrons. The van der Waals surface area contributed by atoms with Crippen LogP contribution >= 0.6 is 0 Å². The lowest BCUT2D eigenvalue weighted by atomic mass is 9.94. The molecule has 1 aliphatic rings. The molecular formula is C21H25N7O2. The number of aryl methyl sites for hydroxylation is 1. The number of nitrogens with one attached hydrogen (secondary N) is 2. The van der Waals surface area contributed by atoms with Crippen LogP contribution < -0.4 is 10.6 Å². The second-order valence-corrected chi connectivity index (χ2v) is 7.49. The molecule has 1 aliphatic heterocycles. The Morgan fingerprint density at radius 1 is 1.13 bits per heavy atom. The molecule has 1 aromatic carbocycles. The van der Waals surface area contributed by atoms with Gasteiger partial charge in [-0.1, -0.05) is 18.2 Å². The third-order valence-corrected chi connectivity index (χ3v) is 5.26. The van der Waals surface area contributed by atoms with E-state index < -0.39 is 0 Å². The van der Waals surface area contributed by atoms with Crippen molar-refractivity contribution in [3.8, 4) is 5.69 Å². The van der Waals surface area contributed by atoms with Crippen LogP contribution in [0.2, 0.25) is 0 Å². The summed E-state index contributed by atoms with van der Waals surface area (Å²) in [7, 11) is 0. The summed E-state index contributed by atoms with van der Waals surface area (Å²) in [5.41, 5.74) is 3.25. The first kappa shape index (κ1) is 19.8. The number of nitrogens with zero attached hydrogens (tertiary/aromatic N) is 5. The number of benzene rings is 1. The van der Waals surface area contributed by atoms with Crippen LogP contribution in [0, 0.1) is 5.92 Å². The number of carbonyl (C=O) groups is 2. The van der Waals surface area contributed by atoms with Crippen LogP contribution in [0.1, 0.15) is 35.1 Å². The minimum absolute atomic E-state index is 0.0313. The summed E-state index contributed by atoms with van der Waals surface area (Å²) in [4.78, 5) is 25.4. The zero-order chi connectivity index (χ0) is 20.9. The molecule has 2 aromatic heterocycles. The molecule has 0 saturated heterocycles. The lowest BCUT2D eigenvalue weighted by Gasteiger charge is -2.24. The summed E-state index contributed by atoms with van der Waals surface area (Å²) in [5.74, 6) is 0.154. The Kier molecular flexibility index (Phi) is 5.87. The van der Waals surface area contributed by atoms with E-state index >= 15 is 0 Å². The zero-order valence-corrected chi connectivity index (χ0v) is 16.9. The van der Waals surface area contributed by atoms with Gasteiger partial charge in [0.25, 0.3) is 5.91 Å². The van der Waals surface area contributed by atoms with Gasteiger partial charge in [-0.25, -0.2) is 0 Å². The molecule has 1 atom stereocenters. The minimum atomic E-state index is -0.133. The summed E-state index contributed by atoms with van der Waals surface area (Å²) in [5, 5.41) is 18.9. The molecule has 0 spiro atoms. The van der Waals surface area contributed by atoms with E-state index in [1.807, 2.05) is 35.0 Å². The largest absolute Gasteiger partial charge is 0.356 e. The molecule has 3 aromatic rings. The first-order valence-electron chi connectivity index (χ1n) is 10.1. The number of fused-ring (bicyclic) bond motifs is 1. The Morgan fingerprint density at radius 3 is 2.77 bits per heavy atom. The van der Waals surface area contributed by atoms with Gasteiger partial charge in [-0.15, -0.1) is 0 Å². The van der Waals surface area contributed by atoms with Crippen LogP contribution in [0.5, 0.6) is 0 Å². The van der Waals surface area contributed by atoms with E-state index in [0.29, 0.717) is 31.0 Å². The highest BCUT2D eigenvalue weighted by molar-refractivity contribution is 5.95. The number of hydrogen-bond acceptors (Lipinski definition) is 5. The first-order valence-corrected chi connectivity index (χ1v) is 10.1. The van der Waals surface area contributed by atoms with E-state index in [2.05, 4.69) is 25.9 Å². The molecule has 0 radical (unpaired) electrons. The summed E-state index contributed by atoms with van der Waals surface area (Å²) >= 11 is 0. The van der Waals surface area contributed by atoms with Crippen molar-refractivity contribution in [1.82, 2.24) is 35.4 Å². The Hall–Kier alpha value is -3.49. The SMILES string of the molecule is CC(=O)NCC1CCn2ncc(C(=O)NCCc3cnn(-c4ccccc4)n3)c2C1. The summed E-state index contributed by atoms with van der Waals surface area (Å²) in [6.07, 6.45) is 5.61. The number of para-hydroxylation sites is 1. The minimum Gasteiger partial charge on any atom is -0.356 e. The predicted octanol–water partition coefficient (Wildman–Crippen LogP) is 1.13. The highest BCUT2D eigenvalue weighted by Gasteiger charge is 2.25. The van der Waals surface area contributed by atoms with Crippen molar-refractivity contribution < 1.29 is 9.59 Å². The molecule has 0 aliphatic carbocycles. The molecule has 0 bridgehead atoms. The Balaban J connectivity index is 1.32. The van der Waals surface area contributed by atoms with Crippen molar-refractivity contribution in [1.29, 1.82) is 0 Å². The molecule has 1 unspecified atom stereocenters. The molecule has 2 amide bonds. The maximum Gasteiger partial charge on any atom is 0.254 e. The van der Waals surface area contributed by atoms with Crippen LogP contribution in [-0.2, 0) is 24.2 Å². The van der Waals surface area contributed by atoms with Crippen molar-refractivity contribution in [2.45, 2.75) is 32.7 Å². The average Bonchev–Trinajstić information content (AvgIpc) is 3.39. The van der Waals surface area contributed by atoms with Crippen LogP contribution in [0.25, 0.3) is 5.69 Å². The fraction of sp³-hybridized carbons (Fsp3) is 0.381. The van der Waals surface area contributed by atoms with Crippen LogP contribution in [0.4, 0.5) is 0 Å². The molecule has 9 nitrogen and oxygen atoms in total. The van der Waals surface area contributed by atoms with Crippen molar-refractivity contribution in [2.75, 3.05) is 13.1 Å². The zero-order valence-electron chi connectivity index (χ0n) is 16.9. The van der Waals surface area contributed by atoms with E-state index in [1.54, 1.807) is 17.2 Å². The standard InChI is InChI=1S/C21H25N7O2/c1-15(29)23-12-16-8-10-27-20(11-16)19(14-24-27)21(30)22-9-7-17-13-25-28(26-17)18-5-3-2-4-6-18/h2-6,13-14,16H,7-12H2,1H3,(H,22,30)(H,23,29). The fourth-order valence-electron chi connectivity index (χ4n) is 3.65. The van der Waals surface area contributed by atoms with Gasteiger partial charge >= 0.3 is 0 Å². The lowest BCUT2D eigenvalue weighted by molar-refractivity contribution is -0.119. The van der Waals surface area contributed by atoms with E-state index in [9.17, 15) is 9.59 Å². The van der Waals surface area contributed by atoms with Crippen molar-refractivity contribution >= 4 is 11.8 Å². The van der Waals surface area contributed by atoms with Crippen LogP contribution in [0.15, 0.2) is 42.7 Å². The smallest absolute Gasteiger partial charge is 0.254 e. The molecule has 4 rings (SSSR count). The van der Waals surface area contributed by atoms with E-state index in [1.165, 1.54) is 6.92 Å². The molecule has 3 heterocycles. The normalized spacial score (nSPS) is 15.4. The van der Waals surface area contributed by atoms with Crippen molar-refractivity contribution in [3.63, 3.8) is 0 Å². The second kappa shape index (κ2) is 8.89. The van der Waals surface area contributed by atoms with Gasteiger partial charge < -0.3 is 10.6 Å². The predicted molar refractivity (Wildman–Crippen MR) is 110 cm³/mol. The van der Waals surface area contributed by atoms with Crippen molar-refractivity contribution in [2.24, 2.45) is 5.92 Å². The molecule has 0 fully saturated rings. The molecule has 2 N–H and O–H groups in total. The quantitative estimate of drug-likeness (QED) is 0.611. The third-order valence-electron chi connectivity index (χ3n) is 5.26. The second-order valence-electron chi connectivity index (χ2n) is 7.49. The summed E-state index contributed by atoms with van der Waals surface area (Å²) < 4.78 is 1.89. The Labute approximate surface area is 174 Å². The van der Waals surface area contributed by atoms with E-state index in [0.717, 1.165) is 36.5 Å². The van der Waals surface area contributed by atoms with Gasteiger partial charge in [0.2, 0.25) is 5.91 Å². The molecular weight excluding hydrogens is 382 g/mol. The monoisotopic (exact) mass is 407 g/mol. The van der Waals surface area contributed by atoms with Gasteiger partial charge in [0.05, 0.1) is 35.0 Å². The van der Waals surface area contributed by atoms with Crippen LogP contribution in [-0.4, -0.2) is 49.7 Å². The third kappa shape index (κ3) is 4.56. The topological polar surface area (TPSA) is 107 Å². The Bertz CT molecular complexity index is 1030. The maximum atomic E-state index is 12.7. The lowest BCUT2D eigenvalue weighted by Crippen LogP contribution is -2.33. The van der Waals surface area contributed by atoms with Gasteiger partial charge in [0.15, 0.2) is 0 Å². The number of rotatable bonds is 7. The van der Waals surface area contributed by atoms with E-state index in [4.69, 9.17) is 0 Å². The number of carbonyl (C=O) groups excluding carboxylic acids is 2. The molecule has 30 heavy (non-hydrogen) atoms. The molecule has 0 saturated carbocycles. The number of hydrogen-bond donors (Lipinski definition) is 2. The number of amides is 2. The Morgan fingerprint density at radius 2 is 1.97 bits per heavy atom. The fourth-order valence-corrected chi connectivity index (χ4v) is 3.65. The maximum absolute atomic E-state index is 12.7. The highest BCUT2D eigenvalue weighted by atomic mass is 16.2. The van der Waals surface area contributed by atoms with Gasteiger partial charge in [0, 0.05) is 33.0 Å². The summed E-state index contributed by atoms with van der Waals surface area (Å²) in [6, 6.07) is 9.70. The number of aromatic nitrogens is 5. The highest BCUT2D eigenvalue weighted by Crippen LogP contribution is 2.22. The van der Waals surface area contributed by atoms with Gasteiger partial charge in [0.1, 0.15) is 0 Å². The first-order chi connectivity index (χ1) is 14.6. The van der Waals surface area contributed by atoms with Gasteiger partial charge in [-0.3, -0.25) is 14.3 Å². The summed E-state index contributed by atoms with van der Waals surface area (Å²) in [6.45, 7) is 3.37. The van der Waals surface area contributed by atoms with Gasteiger partial charge in [-0.05, 0) is 30.9 Å². The van der Waals surface area contributed by atoms with Crippen LogP contribution in [0.3, 0.4) is 0 Å². The van der Waals surface area contributed by atoms with E-state index in [-0.39, 0.29) is 11.8 Å². The molecule has 9 heteroatoms. The average molecular weight is 407 g/mol. The van der Waals surface area contributed by atoms with Gasteiger partial charge in [-0.2, -0.15) is 20.1 Å².